The zero-order valence-corrected chi connectivity index (χ0v) is 14.8. The van der Waals surface area contributed by atoms with Gasteiger partial charge in [-0.25, -0.2) is 0 Å². The Balaban J connectivity index is 1.91. The molecule has 0 saturated heterocycles. The first-order chi connectivity index (χ1) is 11.9. The van der Waals surface area contributed by atoms with Crippen LogP contribution in [0, 0.1) is 0 Å². The van der Waals surface area contributed by atoms with Gasteiger partial charge in [0.25, 0.3) is 0 Å². The number of aromatic nitrogens is 2. The van der Waals surface area contributed by atoms with Crippen LogP contribution in [0.3, 0.4) is 0 Å². The Morgan fingerprint density at radius 1 is 1.28 bits per heavy atom. The summed E-state index contributed by atoms with van der Waals surface area (Å²) in [5.74, 6) is 0.716. The van der Waals surface area contributed by atoms with Crippen LogP contribution in [0.5, 0.6) is 0 Å². The van der Waals surface area contributed by atoms with E-state index in [-0.39, 0.29) is 32.8 Å². The molecule has 10 heteroatoms. The fourth-order valence-electron chi connectivity index (χ4n) is 2.05. The van der Waals surface area contributed by atoms with Crippen molar-refractivity contribution in [2.75, 3.05) is 32.9 Å². The van der Waals surface area contributed by atoms with Crippen LogP contribution in [-0.2, 0) is 11.3 Å². The minimum Gasteiger partial charge on any atom is -0.395 e. The number of ether oxygens (including phenoxy) is 1. The van der Waals surface area contributed by atoms with Gasteiger partial charge in [0.1, 0.15) is 6.61 Å². The predicted molar refractivity (Wildman–Crippen MR) is 86.7 cm³/mol. The second-order valence-electron chi connectivity index (χ2n) is 5.19. The molecule has 25 heavy (non-hydrogen) atoms. The van der Waals surface area contributed by atoms with E-state index in [0.717, 1.165) is 10.0 Å². The van der Waals surface area contributed by atoms with E-state index in [0.29, 0.717) is 11.7 Å². The first kappa shape index (κ1) is 19.8. The van der Waals surface area contributed by atoms with E-state index in [2.05, 4.69) is 30.8 Å². The standard InChI is InChI=1S/C15H17BrF3N3O3/c16-12-3-1-2-11(8-12)14-20-13(25-21-14)9-22(4-6-23)5-7-24-10-15(17,18)19/h1-3,8,23H,4-7,9-10H2. The molecule has 1 N–H and O–H groups in total. The molecule has 1 aromatic carbocycles. The molecule has 0 saturated carbocycles. The maximum atomic E-state index is 12.1. The Hall–Kier alpha value is -1.49. The largest absolute Gasteiger partial charge is 0.411 e. The zero-order chi connectivity index (χ0) is 18.3. The van der Waals surface area contributed by atoms with E-state index in [1.807, 2.05) is 24.3 Å². The first-order valence-electron chi connectivity index (χ1n) is 7.43. The Kier molecular flexibility index (Phi) is 7.36. The Labute approximate surface area is 150 Å². The van der Waals surface area contributed by atoms with Gasteiger partial charge in [0, 0.05) is 23.1 Å². The highest BCUT2D eigenvalue weighted by Gasteiger charge is 2.27. The van der Waals surface area contributed by atoms with Crippen LogP contribution in [0.1, 0.15) is 5.89 Å². The van der Waals surface area contributed by atoms with Gasteiger partial charge in [0.15, 0.2) is 0 Å². The molecule has 0 aliphatic rings. The van der Waals surface area contributed by atoms with E-state index in [1.165, 1.54) is 0 Å². The van der Waals surface area contributed by atoms with Gasteiger partial charge in [-0.05, 0) is 12.1 Å². The Morgan fingerprint density at radius 2 is 2.08 bits per heavy atom. The molecule has 0 unspecified atom stereocenters. The molecule has 0 radical (unpaired) electrons. The monoisotopic (exact) mass is 423 g/mol. The summed E-state index contributed by atoms with van der Waals surface area (Å²) in [6.45, 7) is -0.905. The fourth-order valence-corrected chi connectivity index (χ4v) is 2.45. The van der Waals surface area contributed by atoms with Gasteiger partial charge in [-0.2, -0.15) is 18.2 Å². The van der Waals surface area contributed by atoms with Gasteiger partial charge >= 0.3 is 6.18 Å². The molecule has 0 bridgehead atoms. The van der Waals surface area contributed by atoms with E-state index in [9.17, 15) is 13.2 Å². The highest BCUT2D eigenvalue weighted by molar-refractivity contribution is 9.10. The average Bonchev–Trinajstić information content (AvgIpc) is 2.99. The molecule has 1 heterocycles. The lowest BCUT2D eigenvalue weighted by molar-refractivity contribution is -0.174. The summed E-state index contributed by atoms with van der Waals surface area (Å²) < 4.78 is 46.8. The molecule has 0 spiro atoms. The number of nitrogens with zero attached hydrogens (tertiary/aromatic N) is 3. The third-order valence-corrected chi connectivity index (χ3v) is 3.64. The number of hydrogen-bond acceptors (Lipinski definition) is 6. The molecule has 1 aromatic heterocycles. The maximum Gasteiger partial charge on any atom is 0.411 e. The molecule has 138 valence electrons. The first-order valence-corrected chi connectivity index (χ1v) is 8.23. The predicted octanol–water partition coefficient (Wildman–Crippen LogP) is 2.87. The second kappa shape index (κ2) is 9.27. The highest BCUT2D eigenvalue weighted by atomic mass is 79.9. The van der Waals surface area contributed by atoms with Crippen LogP contribution < -0.4 is 0 Å². The topological polar surface area (TPSA) is 71.6 Å². The summed E-state index contributed by atoms with van der Waals surface area (Å²) in [7, 11) is 0. The normalized spacial score (nSPS) is 12.1. The van der Waals surface area contributed by atoms with Gasteiger partial charge in [0.05, 0.1) is 19.8 Å². The lowest BCUT2D eigenvalue weighted by Gasteiger charge is -2.19. The Bertz CT molecular complexity index is 667. The van der Waals surface area contributed by atoms with Crippen LogP contribution in [0.15, 0.2) is 33.3 Å². The quantitative estimate of drug-likeness (QED) is 0.625. The lowest BCUT2D eigenvalue weighted by atomic mass is 10.2. The number of aliphatic hydroxyl groups excluding tert-OH is 1. The van der Waals surface area contributed by atoms with Crippen LogP contribution in [0.2, 0.25) is 0 Å². The fraction of sp³-hybridized carbons (Fsp3) is 0.467. The van der Waals surface area contributed by atoms with Crippen molar-refractivity contribution in [2.24, 2.45) is 0 Å². The molecule has 2 rings (SSSR count). The number of aliphatic hydroxyl groups is 1. The van der Waals surface area contributed by atoms with Crippen molar-refractivity contribution < 1.29 is 27.5 Å². The van der Waals surface area contributed by atoms with Crippen LogP contribution in [0.4, 0.5) is 13.2 Å². The average molecular weight is 424 g/mol. The Morgan fingerprint density at radius 3 is 2.76 bits per heavy atom. The number of rotatable bonds is 9. The van der Waals surface area contributed by atoms with E-state index < -0.39 is 12.8 Å². The van der Waals surface area contributed by atoms with E-state index >= 15 is 0 Å². The number of hydrogen-bond donors (Lipinski definition) is 1. The maximum absolute atomic E-state index is 12.1. The van der Waals surface area contributed by atoms with Crippen LogP contribution in [-0.4, -0.2) is 59.2 Å². The van der Waals surface area contributed by atoms with Gasteiger partial charge in [0.2, 0.25) is 11.7 Å². The zero-order valence-electron chi connectivity index (χ0n) is 13.2. The van der Waals surface area contributed by atoms with Gasteiger partial charge < -0.3 is 14.4 Å². The van der Waals surface area contributed by atoms with Crippen molar-refractivity contribution in [3.05, 3.63) is 34.6 Å². The van der Waals surface area contributed by atoms with Gasteiger partial charge in [-0.3, -0.25) is 4.90 Å². The molecule has 0 aliphatic heterocycles. The van der Waals surface area contributed by atoms with Crippen molar-refractivity contribution in [3.8, 4) is 11.4 Å². The smallest absolute Gasteiger partial charge is 0.395 e. The van der Waals surface area contributed by atoms with Gasteiger partial charge in [-0.15, -0.1) is 0 Å². The minimum atomic E-state index is -4.35. The summed E-state index contributed by atoms with van der Waals surface area (Å²) in [6.07, 6.45) is -4.35. The molecule has 0 fully saturated rings. The van der Waals surface area contributed by atoms with Crippen molar-refractivity contribution in [1.82, 2.24) is 15.0 Å². The molecule has 0 amide bonds. The van der Waals surface area contributed by atoms with Crippen LogP contribution >= 0.6 is 15.9 Å². The summed E-state index contributed by atoms with van der Waals surface area (Å²) in [4.78, 5) is 5.94. The molecule has 6 nitrogen and oxygen atoms in total. The molecule has 0 atom stereocenters. The summed E-state index contributed by atoms with van der Waals surface area (Å²) in [5, 5.41) is 13.0. The van der Waals surface area contributed by atoms with Crippen molar-refractivity contribution in [2.45, 2.75) is 12.7 Å². The SMILES string of the molecule is OCCN(CCOCC(F)(F)F)Cc1nc(-c2cccc(Br)c2)no1. The second-order valence-corrected chi connectivity index (χ2v) is 6.11. The minimum absolute atomic E-state index is 0.119. The lowest BCUT2D eigenvalue weighted by Crippen LogP contribution is -2.31. The van der Waals surface area contributed by atoms with Crippen molar-refractivity contribution in [3.63, 3.8) is 0 Å². The third kappa shape index (κ3) is 7.10. The number of halogens is 4. The molecule has 0 aliphatic carbocycles. The summed E-state index contributed by atoms with van der Waals surface area (Å²) >= 11 is 3.36. The van der Waals surface area contributed by atoms with Crippen molar-refractivity contribution >= 4 is 15.9 Å². The number of benzene rings is 1. The number of alkyl halides is 3. The van der Waals surface area contributed by atoms with Gasteiger partial charge in [-0.1, -0.05) is 33.2 Å². The van der Waals surface area contributed by atoms with Crippen LogP contribution in [0.25, 0.3) is 11.4 Å². The third-order valence-electron chi connectivity index (χ3n) is 3.14. The molecular weight excluding hydrogens is 407 g/mol. The molecule has 2 aromatic rings. The van der Waals surface area contributed by atoms with E-state index in [4.69, 9.17) is 9.63 Å². The molecular formula is C15H17BrF3N3O3. The summed E-state index contributed by atoms with van der Waals surface area (Å²) in [6, 6.07) is 7.38. The summed E-state index contributed by atoms with van der Waals surface area (Å²) in [5.41, 5.74) is 0.770. The van der Waals surface area contributed by atoms with E-state index in [1.54, 1.807) is 4.90 Å². The highest BCUT2D eigenvalue weighted by Crippen LogP contribution is 2.20. The van der Waals surface area contributed by atoms with Crippen molar-refractivity contribution in [1.29, 1.82) is 0 Å².